The number of hydrogen-bond acceptors (Lipinski definition) is 2. The fourth-order valence-electron chi connectivity index (χ4n) is 2.05. The molecule has 3 nitrogen and oxygen atoms in total. The van der Waals surface area contributed by atoms with Gasteiger partial charge < -0.3 is 4.98 Å². The fraction of sp³-hybridized carbons (Fsp3) is 0. The zero-order valence-corrected chi connectivity index (χ0v) is 11.6. The van der Waals surface area contributed by atoms with Gasteiger partial charge in [-0.2, -0.15) is 5.26 Å². The third kappa shape index (κ3) is 1.99. The average molecular weight is 304 g/mol. The molecule has 0 aliphatic carbocycles. The number of fused-ring (bicyclic) bond motifs is 1. The lowest BCUT2D eigenvalue weighted by Gasteiger charge is -2.05. The van der Waals surface area contributed by atoms with E-state index < -0.39 is 5.82 Å². The van der Waals surface area contributed by atoms with Crippen molar-refractivity contribution in [3.63, 3.8) is 0 Å². The molecule has 0 unspecified atom stereocenters. The van der Waals surface area contributed by atoms with Crippen LogP contribution in [0.3, 0.4) is 0 Å². The highest BCUT2D eigenvalue weighted by molar-refractivity contribution is 7.71. The number of aromatic nitrogens is 2. The molecule has 0 fully saturated rings. The molecule has 0 atom stereocenters. The highest BCUT2D eigenvalue weighted by atomic mass is 35.5. The van der Waals surface area contributed by atoms with E-state index in [9.17, 15) is 4.39 Å². The summed E-state index contributed by atoms with van der Waals surface area (Å²) in [5.41, 5.74) is 2.56. The second-order valence-electron chi connectivity index (χ2n) is 4.21. The van der Waals surface area contributed by atoms with Crippen LogP contribution in [0.15, 0.2) is 36.4 Å². The molecule has 98 valence electrons. The highest BCUT2D eigenvalue weighted by Crippen LogP contribution is 2.23. The van der Waals surface area contributed by atoms with Crippen LogP contribution in [0.5, 0.6) is 0 Å². The van der Waals surface area contributed by atoms with Crippen LogP contribution >= 0.6 is 23.8 Å². The van der Waals surface area contributed by atoms with Gasteiger partial charge in [-0.15, -0.1) is 0 Å². The molecule has 3 aromatic rings. The van der Waals surface area contributed by atoms with E-state index in [1.54, 1.807) is 28.8 Å². The molecular weight excluding hydrogens is 297 g/mol. The smallest absolute Gasteiger partial charge is 0.182 e. The lowest BCUT2D eigenvalue weighted by molar-refractivity contribution is 0.627. The molecule has 1 heterocycles. The molecule has 0 aliphatic rings. The number of H-pyrrole nitrogens is 1. The minimum atomic E-state index is -0.517. The molecule has 0 saturated heterocycles. The molecule has 1 aromatic heterocycles. The number of nitrogens with one attached hydrogen (secondary N) is 1. The van der Waals surface area contributed by atoms with Gasteiger partial charge >= 0.3 is 0 Å². The van der Waals surface area contributed by atoms with Crippen molar-refractivity contribution in [2.75, 3.05) is 0 Å². The second-order valence-corrected chi connectivity index (χ2v) is 5.00. The maximum absolute atomic E-state index is 13.6. The van der Waals surface area contributed by atoms with E-state index in [1.165, 1.54) is 12.1 Å². The molecule has 20 heavy (non-hydrogen) atoms. The van der Waals surface area contributed by atoms with Crippen LogP contribution < -0.4 is 0 Å². The molecule has 0 spiro atoms. The Kier molecular flexibility index (Phi) is 3.05. The Morgan fingerprint density at radius 2 is 2.05 bits per heavy atom. The number of nitrogens with zero attached hydrogens (tertiary/aromatic N) is 2. The Hall–Kier alpha value is -2.16. The first-order valence-corrected chi connectivity index (χ1v) is 6.49. The lowest BCUT2D eigenvalue weighted by Crippen LogP contribution is -1.95. The Balaban J connectivity index is 2.35. The Bertz CT molecular complexity index is 920. The lowest BCUT2D eigenvalue weighted by atomic mass is 10.2. The summed E-state index contributed by atoms with van der Waals surface area (Å²) >= 11 is 10.9. The monoisotopic (exact) mass is 303 g/mol. The molecule has 0 saturated carbocycles. The van der Waals surface area contributed by atoms with Crippen LogP contribution in [0, 0.1) is 21.9 Å². The van der Waals surface area contributed by atoms with Crippen molar-refractivity contribution in [2.45, 2.75) is 0 Å². The van der Waals surface area contributed by atoms with Gasteiger partial charge in [0.2, 0.25) is 0 Å². The number of aromatic amines is 1. The summed E-state index contributed by atoms with van der Waals surface area (Å²) < 4.78 is 15.7. The van der Waals surface area contributed by atoms with E-state index in [0.29, 0.717) is 16.0 Å². The van der Waals surface area contributed by atoms with Gasteiger partial charge in [0, 0.05) is 0 Å². The van der Waals surface area contributed by atoms with Gasteiger partial charge in [0.15, 0.2) is 4.77 Å². The van der Waals surface area contributed by atoms with Crippen LogP contribution in [-0.2, 0) is 0 Å². The van der Waals surface area contributed by atoms with Gasteiger partial charge in [0.25, 0.3) is 0 Å². The van der Waals surface area contributed by atoms with E-state index in [1.807, 2.05) is 0 Å². The van der Waals surface area contributed by atoms with E-state index in [2.05, 4.69) is 11.1 Å². The summed E-state index contributed by atoms with van der Waals surface area (Å²) in [4.78, 5) is 3.02. The number of hydrogen-bond donors (Lipinski definition) is 1. The van der Waals surface area contributed by atoms with E-state index in [4.69, 9.17) is 29.1 Å². The molecule has 0 amide bonds. The Labute approximate surface area is 123 Å². The van der Waals surface area contributed by atoms with Gasteiger partial charge in [-0.1, -0.05) is 11.6 Å². The Morgan fingerprint density at radius 1 is 1.25 bits per heavy atom. The van der Waals surface area contributed by atoms with Crippen LogP contribution in [0.1, 0.15) is 5.56 Å². The molecule has 0 bridgehead atoms. The van der Waals surface area contributed by atoms with Gasteiger partial charge in [-0.25, -0.2) is 4.39 Å². The normalized spacial score (nSPS) is 10.7. The van der Waals surface area contributed by atoms with Gasteiger partial charge in [0.1, 0.15) is 5.82 Å². The predicted octanol–water partition coefficient (Wildman–Crippen LogP) is 4.35. The summed E-state index contributed by atoms with van der Waals surface area (Å²) in [7, 11) is 0. The number of nitriles is 1. The molecule has 0 radical (unpaired) electrons. The topological polar surface area (TPSA) is 44.5 Å². The van der Waals surface area contributed by atoms with Crippen molar-refractivity contribution in [3.05, 3.63) is 57.6 Å². The summed E-state index contributed by atoms with van der Waals surface area (Å²) in [5.74, 6) is -0.517. The van der Waals surface area contributed by atoms with Crippen LogP contribution in [0.4, 0.5) is 4.39 Å². The second kappa shape index (κ2) is 4.75. The minimum absolute atomic E-state index is 0.0535. The van der Waals surface area contributed by atoms with Gasteiger partial charge in [0.05, 0.1) is 33.4 Å². The number of rotatable bonds is 1. The molecule has 3 rings (SSSR count). The van der Waals surface area contributed by atoms with Gasteiger partial charge in [-0.05, 0) is 48.6 Å². The predicted molar refractivity (Wildman–Crippen MR) is 78.1 cm³/mol. The Morgan fingerprint density at radius 3 is 2.75 bits per heavy atom. The third-order valence-electron chi connectivity index (χ3n) is 2.97. The van der Waals surface area contributed by atoms with E-state index in [-0.39, 0.29) is 5.02 Å². The standard InChI is InChI=1S/C14H7ClFN3S/c15-10-3-2-9(6-11(10)16)19-13-5-8(7-17)1-4-12(13)18-14(19)20/h1-6H,(H,18,20). The van der Waals surface area contributed by atoms with Crippen molar-refractivity contribution in [1.82, 2.24) is 9.55 Å². The summed E-state index contributed by atoms with van der Waals surface area (Å²) in [6, 6.07) is 11.7. The van der Waals surface area contributed by atoms with Crippen LogP contribution in [0.2, 0.25) is 5.02 Å². The zero-order chi connectivity index (χ0) is 14.3. The minimum Gasteiger partial charge on any atom is -0.330 e. The van der Waals surface area contributed by atoms with Crippen molar-refractivity contribution in [3.8, 4) is 11.8 Å². The van der Waals surface area contributed by atoms with Crippen molar-refractivity contribution < 1.29 is 4.39 Å². The first-order chi connectivity index (χ1) is 9.60. The highest BCUT2D eigenvalue weighted by Gasteiger charge is 2.09. The molecular formula is C14H7ClFN3S. The summed E-state index contributed by atoms with van der Waals surface area (Å²) in [5, 5.41) is 9.03. The van der Waals surface area contributed by atoms with Gasteiger partial charge in [-0.3, -0.25) is 4.57 Å². The largest absolute Gasteiger partial charge is 0.330 e. The summed E-state index contributed by atoms with van der Waals surface area (Å²) in [6.07, 6.45) is 0. The molecule has 0 aliphatic heterocycles. The third-order valence-corrected chi connectivity index (χ3v) is 3.56. The maximum Gasteiger partial charge on any atom is 0.182 e. The number of imidazole rings is 1. The summed E-state index contributed by atoms with van der Waals surface area (Å²) in [6.45, 7) is 0. The first-order valence-electron chi connectivity index (χ1n) is 5.70. The van der Waals surface area contributed by atoms with Crippen molar-refractivity contribution in [2.24, 2.45) is 0 Å². The fourth-order valence-corrected chi connectivity index (χ4v) is 2.48. The molecule has 6 heteroatoms. The number of halogens is 2. The zero-order valence-electron chi connectivity index (χ0n) is 10.0. The average Bonchev–Trinajstić information content (AvgIpc) is 2.77. The molecule has 1 N–H and O–H groups in total. The van der Waals surface area contributed by atoms with E-state index >= 15 is 0 Å². The van der Waals surface area contributed by atoms with E-state index in [0.717, 1.165) is 11.0 Å². The SMILES string of the molecule is N#Cc1ccc2[nH]c(=S)n(-c3ccc(Cl)c(F)c3)c2c1. The van der Waals surface area contributed by atoms with Crippen molar-refractivity contribution >= 4 is 34.9 Å². The van der Waals surface area contributed by atoms with Crippen LogP contribution in [0.25, 0.3) is 16.7 Å². The number of benzene rings is 2. The van der Waals surface area contributed by atoms with Crippen LogP contribution in [-0.4, -0.2) is 9.55 Å². The molecule has 2 aromatic carbocycles. The quantitative estimate of drug-likeness (QED) is 0.679. The van der Waals surface area contributed by atoms with Crippen molar-refractivity contribution in [1.29, 1.82) is 5.26 Å². The first kappa shape index (κ1) is 12.9. The maximum atomic E-state index is 13.6.